The van der Waals surface area contributed by atoms with Crippen LogP contribution in [0.4, 0.5) is 0 Å². The molecule has 24 heavy (non-hydrogen) atoms. The van der Waals surface area contributed by atoms with E-state index in [2.05, 4.69) is 25.3 Å². The topological polar surface area (TPSA) is 107 Å². The molecule has 3 aromatic rings. The van der Waals surface area contributed by atoms with Crippen molar-refractivity contribution < 1.29 is 4.52 Å². The molecule has 7 nitrogen and oxygen atoms in total. The highest BCUT2D eigenvalue weighted by Crippen LogP contribution is 2.39. The number of hydrogen-bond acceptors (Lipinski definition) is 6. The average molecular weight is 322 g/mol. The van der Waals surface area contributed by atoms with Gasteiger partial charge in [-0.05, 0) is 44.2 Å². The van der Waals surface area contributed by atoms with Crippen molar-refractivity contribution in [1.82, 2.24) is 25.3 Å². The molecule has 2 fully saturated rings. The van der Waals surface area contributed by atoms with Crippen LogP contribution in [0, 0.1) is 0 Å². The van der Waals surface area contributed by atoms with E-state index in [4.69, 9.17) is 10.3 Å². The van der Waals surface area contributed by atoms with Gasteiger partial charge in [0.1, 0.15) is 5.82 Å². The van der Waals surface area contributed by atoms with Crippen molar-refractivity contribution in [3.05, 3.63) is 35.9 Å². The molecule has 1 aromatic carbocycles. The summed E-state index contributed by atoms with van der Waals surface area (Å²) in [6, 6.07) is 7.84. The van der Waals surface area contributed by atoms with Crippen molar-refractivity contribution in [2.24, 2.45) is 5.73 Å². The predicted octanol–water partition coefficient (Wildman–Crippen LogP) is 2.74. The first-order chi connectivity index (χ1) is 11.7. The number of hydrogen-bond donors (Lipinski definition) is 2. The lowest BCUT2D eigenvalue weighted by Gasteiger charge is -2.34. The number of benzene rings is 1. The summed E-state index contributed by atoms with van der Waals surface area (Å²) < 4.78 is 5.38. The van der Waals surface area contributed by atoms with Gasteiger partial charge >= 0.3 is 0 Å². The molecule has 122 valence electrons. The number of aromatic nitrogens is 5. The summed E-state index contributed by atoms with van der Waals surface area (Å²) in [5.41, 5.74) is 7.68. The summed E-state index contributed by atoms with van der Waals surface area (Å²) in [5.74, 6) is 3.39. The van der Waals surface area contributed by atoms with Crippen molar-refractivity contribution in [1.29, 1.82) is 0 Å². The number of aromatic amines is 1. The Labute approximate surface area is 138 Å². The second-order valence-electron chi connectivity index (χ2n) is 6.83. The van der Waals surface area contributed by atoms with Crippen LogP contribution in [0.15, 0.2) is 28.8 Å². The summed E-state index contributed by atoms with van der Waals surface area (Å²) in [4.78, 5) is 9.04. The highest BCUT2D eigenvalue weighted by Gasteiger charge is 2.39. The minimum absolute atomic E-state index is 0.403. The standard InChI is InChI=1S/C17H18N6O/c18-17(8-1-9-17)16-20-15(24-23-16)12-6-4-11(5-7-12)14-19-13(21-22-14)10-2-3-10/h4-7,10H,1-3,8-9,18H2,(H,19,21,22). The third kappa shape index (κ3) is 2.24. The van der Waals surface area contributed by atoms with Gasteiger partial charge in [-0.15, -0.1) is 0 Å². The average Bonchev–Trinajstić information content (AvgIpc) is 3.12. The van der Waals surface area contributed by atoms with Crippen molar-refractivity contribution >= 4 is 0 Å². The van der Waals surface area contributed by atoms with Crippen molar-refractivity contribution in [2.45, 2.75) is 43.6 Å². The molecule has 3 N–H and O–H groups in total. The van der Waals surface area contributed by atoms with E-state index in [1.807, 2.05) is 24.3 Å². The Morgan fingerprint density at radius 2 is 1.83 bits per heavy atom. The van der Waals surface area contributed by atoms with Gasteiger partial charge in [0, 0.05) is 17.0 Å². The summed E-state index contributed by atoms with van der Waals surface area (Å²) in [7, 11) is 0. The van der Waals surface area contributed by atoms with Crippen molar-refractivity contribution in [3.8, 4) is 22.8 Å². The molecular weight excluding hydrogens is 304 g/mol. The summed E-state index contributed by atoms with van der Waals surface area (Å²) >= 11 is 0. The van der Waals surface area contributed by atoms with E-state index in [9.17, 15) is 0 Å². The van der Waals surface area contributed by atoms with Gasteiger partial charge in [0.25, 0.3) is 5.89 Å². The van der Waals surface area contributed by atoms with E-state index in [1.165, 1.54) is 12.8 Å². The second-order valence-corrected chi connectivity index (χ2v) is 6.83. The lowest BCUT2D eigenvalue weighted by Crippen LogP contribution is -2.44. The maximum absolute atomic E-state index is 6.24. The van der Waals surface area contributed by atoms with E-state index in [0.29, 0.717) is 17.6 Å². The van der Waals surface area contributed by atoms with Gasteiger partial charge in [0.2, 0.25) is 0 Å². The predicted molar refractivity (Wildman–Crippen MR) is 86.8 cm³/mol. The summed E-state index contributed by atoms with van der Waals surface area (Å²) in [5, 5.41) is 11.4. The van der Waals surface area contributed by atoms with Gasteiger partial charge in [-0.3, -0.25) is 5.10 Å². The molecule has 2 aliphatic rings. The molecule has 0 aliphatic heterocycles. The molecule has 2 aliphatic carbocycles. The van der Waals surface area contributed by atoms with Crippen LogP contribution in [-0.2, 0) is 5.54 Å². The largest absolute Gasteiger partial charge is 0.334 e. The first-order valence-electron chi connectivity index (χ1n) is 8.37. The fourth-order valence-electron chi connectivity index (χ4n) is 3.03. The molecule has 0 spiro atoms. The van der Waals surface area contributed by atoms with Gasteiger partial charge < -0.3 is 10.3 Å². The van der Waals surface area contributed by atoms with E-state index < -0.39 is 5.54 Å². The molecule has 2 heterocycles. The Morgan fingerprint density at radius 3 is 2.50 bits per heavy atom. The molecule has 0 radical (unpaired) electrons. The zero-order valence-electron chi connectivity index (χ0n) is 13.2. The van der Waals surface area contributed by atoms with E-state index in [0.717, 1.165) is 42.0 Å². The van der Waals surface area contributed by atoms with Gasteiger partial charge in [0.15, 0.2) is 11.6 Å². The molecule has 7 heteroatoms. The lowest BCUT2D eigenvalue weighted by molar-refractivity contribution is 0.229. The van der Waals surface area contributed by atoms with Crippen LogP contribution >= 0.6 is 0 Å². The monoisotopic (exact) mass is 322 g/mol. The van der Waals surface area contributed by atoms with Crippen LogP contribution in [0.5, 0.6) is 0 Å². The second kappa shape index (κ2) is 4.98. The maximum Gasteiger partial charge on any atom is 0.257 e. The lowest BCUT2D eigenvalue weighted by atomic mass is 9.77. The maximum atomic E-state index is 6.24. The minimum Gasteiger partial charge on any atom is -0.334 e. The highest BCUT2D eigenvalue weighted by molar-refractivity contribution is 5.62. The van der Waals surface area contributed by atoms with Gasteiger partial charge in [-0.1, -0.05) is 17.3 Å². The SMILES string of the molecule is NC1(c2noc(-c3ccc(-c4n[nH]c(C5CC5)n4)cc3)n2)CCC1. The zero-order chi connectivity index (χ0) is 16.1. The Hall–Kier alpha value is -2.54. The van der Waals surface area contributed by atoms with Gasteiger partial charge in [-0.2, -0.15) is 10.1 Å². The number of nitrogens with zero attached hydrogens (tertiary/aromatic N) is 4. The normalized spacial score (nSPS) is 19.2. The fourth-order valence-corrected chi connectivity index (χ4v) is 3.03. The third-order valence-corrected chi connectivity index (χ3v) is 4.97. The van der Waals surface area contributed by atoms with Gasteiger partial charge in [0.05, 0.1) is 5.54 Å². The summed E-state index contributed by atoms with van der Waals surface area (Å²) in [6.07, 6.45) is 5.36. The van der Waals surface area contributed by atoms with Crippen LogP contribution in [0.1, 0.15) is 49.7 Å². The van der Waals surface area contributed by atoms with E-state index in [1.54, 1.807) is 0 Å². The first kappa shape index (κ1) is 13.9. The van der Waals surface area contributed by atoms with Crippen molar-refractivity contribution in [2.75, 3.05) is 0 Å². The first-order valence-corrected chi connectivity index (χ1v) is 8.37. The molecule has 0 saturated heterocycles. The Morgan fingerprint density at radius 1 is 1.08 bits per heavy atom. The fraction of sp³-hybridized carbons (Fsp3) is 0.412. The molecule has 0 bridgehead atoms. The third-order valence-electron chi connectivity index (χ3n) is 4.97. The number of nitrogens with one attached hydrogen (secondary N) is 1. The van der Waals surface area contributed by atoms with Crippen molar-refractivity contribution in [3.63, 3.8) is 0 Å². The quantitative estimate of drug-likeness (QED) is 0.765. The molecule has 5 rings (SSSR count). The van der Waals surface area contributed by atoms with Gasteiger partial charge in [-0.25, -0.2) is 4.98 Å². The van der Waals surface area contributed by atoms with Crippen LogP contribution in [-0.4, -0.2) is 25.3 Å². The summed E-state index contributed by atoms with van der Waals surface area (Å²) in [6.45, 7) is 0. The minimum atomic E-state index is -0.403. The Balaban J connectivity index is 1.39. The zero-order valence-corrected chi connectivity index (χ0v) is 13.2. The molecule has 2 saturated carbocycles. The number of H-pyrrole nitrogens is 1. The number of nitrogens with two attached hydrogens (primary N) is 1. The molecule has 0 atom stereocenters. The molecule has 0 unspecified atom stereocenters. The van der Waals surface area contributed by atoms with Crippen LogP contribution in [0.2, 0.25) is 0 Å². The van der Waals surface area contributed by atoms with Crippen LogP contribution in [0.25, 0.3) is 22.8 Å². The Bertz CT molecular complexity index is 873. The smallest absolute Gasteiger partial charge is 0.257 e. The molecule has 2 aromatic heterocycles. The van der Waals surface area contributed by atoms with Crippen LogP contribution in [0.3, 0.4) is 0 Å². The highest BCUT2D eigenvalue weighted by atomic mass is 16.5. The van der Waals surface area contributed by atoms with E-state index in [-0.39, 0.29) is 0 Å². The number of rotatable bonds is 4. The Kier molecular flexibility index (Phi) is 2.87. The molecule has 0 amide bonds. The molecular formula is C17H18N6O. The van der Waals surface area contributed by atoms with Crippen LogP contribution < -0.4 is 5.73 Å². The van der Waals surface area contributed by atoms with E-state index >= 15 is 0 Å².